The maximum atomic E-state index is 11.0. The van der Waals surface area contributed by atoms with Crippen molar-refractivity contribution in [1.82, 2.24) is 5.16 Å². The first-order chi connectivity index (χ1) is 6.25. The number of aromatic nitrogens is 1. The van der Waals surface area contributed by atoms with Crippen molar-refractivity contribution >= 4 is 12.0 Å². The second-order valence-corrected chi connectivity index (χ2v) is 2.93. The Morgan fingerprint density at radius 1 is 1.62 bits per heavy atom. The maximum Gasteiger partial charge on any atom is 0.334 e. The van der Waals surface area contributed by atoms with E-state index in [-0.39, 0.29) is 5.97 Å². The summed E-state index contributed by atoms with van der Waals surface area (Å²) in [7, 11) is 0. The van der Waals surface area contributed by atoms with Gasteiger partial charge in [-0.05, 0) is 13.0 Å². The van der Waals surface area contributed by atoms with E-state index in [1.807, 2.05) is 6.92 Å². The predicted molar refractivity (Wildman–Crippen MR) is 44.8 cm³/mol. The zero-order chi connectivity index (χ0) is 9.26. The highest BCUT2D eigenvalue weighted by atomic mass is 16.5. The Hall–Kier alpha value is -1.58. The highest BCUT2D eigenvalue weighted by molar-refractivity contribution is 5.94. The van der Waals surface area contributed by atoms with Gasteiger partial charge in [-0.25, -0.2) is 4.79 Å². The van der Waals surface area contributed by atoms with Crippen LogP contribution in [0.4, 0.5) is 0 Å². The fourth-order valence-corrected chi connectivity index (χ4v) is 1.20. The van der Waals surface area contributed by atoms with Gasteiger partial charge in [0.25, 0.3) is 0 Å². The molecular weight excluding hydrogens is 170 g/mol. The largest absolute Gasteiger partial charge is 0.462 e. The fourth-order valence-electron chi connectivity index (χ4n) is 1.20. The standard InChI is InChI=1S/C9H9NO3/c1-6-4-8(13-10-6)5-7-2-3-12-9(7)11/h4-5H,2-3H2,1H3. The lowest BCUT2D eigenvalue weighted by molar-refractivity contribution is -0.134. The molecule has 0 aliphatic carbocycles. The minimum absolute atomic E-state index is 0.256. The number of aryl methyl sites for hydroxylation is 1. The van der Waals surface area contributed by atoms with Crippen LogP contribution in [-0.2, 0) is 9.53 Å². The second-order valence-electron chi connectivity index (χ2n) is 2.93. The fraction of sp³-hybridized carbons (Fsp3) is 0.333. The first-order valence-electron chi connectivity index (χ1n) is 4.07. The van der Waals surface area contributed by atoms with Crippen LogP contribution in [0.25, 0.3) is 6.08 Å². The van der Waals surface area contributed by atoms with Crippen molar-refractivity contribution in [3.63, 3.8) is 0 Å². The number of rotatable bonds is 1. The van der Waals surface area contributed by atoms with Crippen LogP contribution >= 0.6 is 0 Å². The van der Waals surface area contributed by atoms with Crippen molar-refractivity contribution in [2.24, 2.45) is 0 Å². The van der Waals surface area contributed by atoms with Crippen molar-refractivity contribution in [3.05, 3.63) is 23.1 Å². The molecule has 0 radical (unpaired) electrons. The minimum Gasteiger partial charge on any atom is -0.462 e. The molecule has 0 amide bonds. The van der Waals surface area contributed by atoms with Gasteiger partial charge in [-0.15, -0.1) is 0 Å². The van der Waals surface area contributed by atoms with E-state index in [4.69, 9.17) is 9.26 Å². The van der Waals surface area contributed by atoms with Crippen molar-refractivity contribution in [1.29, 1.82) is 0 Å². The smallest absolute Gasteiger partial charge is 0.334 e. The summed E-state index contributed by atoms with van der Waals surface area (Å²) in [4.78, 5) is 11.0. The quantitative estimate of drug-likeness (QED) is 0.481. The lowest BCUT2D eigenvalue weighted by Gasteiger charge is -1.87. The number of cyclic esters (lactones) is 1. The van der Waals surface area contributed by atoms with Gasteiger partial charge in [0, 0.05) is 18.1 Å². The molecule has 1 fully saturated rings. The van der Waals surface area contributed by atoms with Gasteiger partial charge in [0.05, 0.1) is 12.3 Å². The lowest BCUT2D eigenvalue weighted by atomic mass is 10.2. The molecule has 4 nitrogen and oxygen atoms in total. The van der Waals surface area contributed by atoms with E-state index in [0.29, 0.717) is 24.4 Å². The Morgan fingerprint density at radius 3 is 3.00 bits per heavy atom. The summed E-state index contributed by atoms with van der Waals surface area (Å²) in [6.07, 6.45) is 2.33. The number of nitrogens with zero attached hydrogens (tertiary/aromatic N) is 1. The number of carbonyl (C=O) groups is 1. The lowest BCUT2D eigenvalue weighted by Crippen LogP contribution is -1.93. The van der Waals surface area contributed by atoms with Crippen molar-refractivity contribution < 1.29 is 14.1 Å². The molecule has 1 aromatic heterocycles. The second kappa shape index (κ2) is 3.05. The Kier molecular flexibility index (Phi) is 1.88. The van der Waals surface area contributed by atoms with Crippen molar-refractivity contribution in [3.8, 4) is 0 Å². The third kappa shape index (κ3) is 1.61. The van der Waals surface area contributed by atoms with E-state index in [9.17, 15) is 4.79 Å². The van der Waals surface area contributed by atoms with Crippen LogP contribution in [0.1, 0.15) is 17.9 Å². The minimum atomic E-state index is -0.256. The Bertz CT molecular complexity index is 365. The van der Waals surface area contributed by atoms with E-state index in [1.165, 1.54) is 0 Å². The molecule has 0 bridgehead atoms. The summed E-state index contributed by atoms with van der Waals surface area (Å²) in [5.41, 5.74) is 1.45. The summed E-state index contributed by atoms with van der Waals surface area (Å²) in [6.45, 7) is 2.30. The van der Waals surface area contributed by atoms with E-state index in [0.717, 1.165) is 5.69 Å². The van der Waals surface area contributed by atoms with Gasteiger partial charge in [-0.1, -0.05) is 5.16 Å². The molecule has 4 heteroatoms. The molecule has 0 N–H and O–H groups in total. The van der Waals surface area contributed by atoms with Crippen LogP contribution in [0.2, 0.25) is 0 Å². The molecule has 0 saturated carbocycles. The van der Waals surface area contributed by atoms with Gasteiger partial charge in [-0.3, -0.25) is 0 Å². The first kappa shape index (κ1) is 8.04. The third-order valence-corrected chi connectivity index (χ3v) is 1.83. The Labute approximate surface area is 75.2 Å². The van der Waals surface area contributed by atoms with E-state index in [2.05, 4.69) is 5.16 Å². The van der Waals surface area contributed by atoms with Crippen LogP contribution in [0.3, 0.4) is 0 Å². The molecule has 68 valence electrons. The monoisotopic (exact) mass is 179 g/mol. The zero-order valence-corrected chi connectivity index (χ0v) is 7.24. The Morgan fingerprint density at radius 2 is 2.46 bits per heavy atom. The average molecular weight is 179 g/mol. The molecule has 0 aromatic carbocycles. The molecule has 1 aromatic rings. The van der Waals surface area contributed by atoms with E-state index < -0.39 is 0 Å². The van der Waals surface area contributed by atoms with Gasteiger partial charge in [0.1, 0.15) is 0 Å². The Balaban J connectivity index is 2.24. The third-order valence-electron chi connectivity index (χ3n) is 1.83. The number of hydrogen-bond donors (Lipinski definition) is 0. The summed E-state index contributed by atoms with van der Waals surface area (Å²) in [6, 6.07) is 1.78. The molecule has 1 aliphatic heterocycles. The van der Waals surface area contributed by atoms with Gasteiger partial charge in [0.15, 0.2) is 5.76 Å². The normalized spacial score (nSPS) is 19.5. The molecule has 0 atom stereocenters. The topological polar surface area (TPSA) is 52.3 Å². The van der Waals surface area contributed by atoms with Gasteiger partial charge >= 0.3 is 5.97 Å². The molecule has 1 saturated heterocycles. The molecule has 2 rings (SSSR count). The van der Waals surface area contributed by atoms with E-state index in [1.54, 1.807) is 12.1 Å². The first-order valence-corrected chi connectivity index (χ1v) is 4.07. The van der Waals surface area contributed by atoms with Gasteiger partial charge in [-0.2, -0.15) is 0 Å². The van der Waals surface area contributed by atoms with Crippen LogP contribution < -0.4 is 0 Å². The average Bonchev–Trinajstić information content (AvgIpc) is 2.64. The van der Waals surface area contributed by atoms with Gasteiger partial charge < -0.3 is 9.26 Å². The number of ether oxygens (including phenoxy) is 1. The zero-order valence-electron chi connectivity index (χ0n) is 7.24. The van der Waals surface area contributed by atoms with Crippen molar-refractivity contribution in [2.75, 3.05) is 6.61 Å². The maximum absolute atomic E-state index is 11.0. The summed E-state index contributed by atoms with van der Waals surface area (Å²) in [5.74, 6) is 0.348. The number of hydrogen-bond acceptors (Lipinski definition) is 4. The molecule has 2 heterocycles. The van der Waals surface area contributed by atoms with Gasteiger partial charge in [0.2, 0.25) is 0 Å². The molecule has 13 heavy (non-hydrogen) atoms. The molecule has 0 unspecified atom stereocenters. The summed E-state index contributed by atoms with van der Waals surface area (Å²) >= 11 is 0. The summed E-state index contributed by atoms with van der Waals surface area (Å²) < 4.78 is 9.72. The molecule has 1 aliphatic rings. The highest BCUT2D eigenvalue weighted by Gasteiger charge is 2.18. The van der Waals surface area contributed by atoms with Crippen molar-refractivity contribution in [2.45, 2.75) is 13.3 Å². The molecule has 0 spiro atoms. The molecular formula is C9H9NO3. The van der Waals surface area contributed by atoms with Crippen LogP contribution in [-0.4, -0.2) is 17.7 Å². The number of esters is 1. The summed E-state index contributed by atoms with van der Waals surface area (Å²) in [5, 5.41) is 3.71. The SMILES string of the molecule is Cc1cc(C=C2CCOC2=O)on1. The predicted octanol–water partition coefficient (Wildman–Crippen LogP) is 1.31. The van der Waals surface area contributed by atoms with Crippen LogP contribution in [0.5, 0.6) is 0 Å². The van der Waals surface area contributed by atoms with Crippen LogP contribution in [0, 0.1) is 6.92 Å². The van der Waals surface area contributed by atoms with Crippen LogP contribution in [0.15, 0.2) is 16.2 Å². The number of carbonyl (C=O) groups excluding carboxylic acids is 1. The van der Waals surface area contributed by atoms with E-state index >= 15 is 0 Å². The highest BCUT2D eigenvalue weighted by Crippen LogP contribution is 2.17.